The average molecular weight is 204 g/mol. The number of hydrogen-bond donors (Lipinski definition) is 2. The maximum atomic E-state index is 11.0. The van der Waals surface area contributed by atoms with Crippen molar-refractivity contribution >= 4 is 23.6 Å². The second-order valence-corrected chi connectivity index (χ2v) is 3.35. The van der Waals surface area contributed by atoms with Crippen LogP contribution in [0, 0.1) is 0 Å². The summed E-state index contributed by atoms with van der Waals surface area (Å²) >= 11 is 1.52. The van der Waals surface area contributed by atoms with E-state index in [1.54, 1.807) is 0 Å². The molecule has 0 aromatic carbocycles. The third-order valence-corrected chi connectivity index (χ3v) is 1.89. The standard InChI is InChI=1S/C8H16N2O2S/c1-7(11)3-4-8(12)9-5-6-10-13-2/h10H,3-6H2,1-2H3,(H,9,12). The molecule has 4 nitrogen and oxygen atoms in total. The summed E-state index contributed by atoms with van der Waals surface area (Å²) in [6, 6.07) is 0. The maximum Gasteiger partial charge on any atom is 0.220 e. The molecule has 0 fully saturated rings. The number of hydrogen-bond acceptors (Lipinski definition) is 4. The van der Waals surface area contributed by atoms with Crippen LogP contribution in [0.4, 0.5) is 0 Å². The summed E-state index contributed by atoms with van der Waals surface area (Å²) in [6.45, 7) is 2.84. The largest absolute Gasteiger partial charge is 0.355 e. The molecule has 0 spiro atoms. The number of ketones is 1. The molecule has 0 aromatic rings. The van der Waals surface area contributed by atoms with E-state index in [1.165, 1.54) is 18.9 Å². The van der Waals surface area contributed by atoms with Crippen molar-refractivity contribution in [3.8, 4) is 0 Å². The third-order valence-electron chi connectivity index (χ3n) is 1.40. The molecule has 0 bridgehead atoms. The minimum Gasteiger partial charge on any atom is -0.355 e. The Hall–Kier alpha value is -0.550. The van der Waals surface area contributed by atoms with Gasteiger partial charge in [-0.3, -0.25) is 9.52 Å². The second-order valence-electron chi connectivity index (χ2n) is 2.65. The second kappa shape index (κ2) is 8.07. The molecule has 0 saturated carbocycles. The number of carbonyl (C=O) groups excluding carboxylic acids is 2. The van der Waals surface area contributed by atoms with Crippen molar-refractivity contribution in [2.45, 2.75) is 19.8 Å². The van der Waals surface area contributed by atoms with E-state index in [0.717, 1.165) is 6.54 Å². The van der Waals surface area contributed by atoms with E-state index in [1.807, 2.05) is 6.26 Å². The lowest BCUT2D eigenvalue weighted by atomic mass is 10.2. The lowest BCUT2D eigenvalue weighted by Gasteiger charge is -2.03. The fourth-order valence-corrected chi connectivity index (χ4v) is 1.04. The van der Waals surface area contributed by atoms with E-state index in [9.17, 15) is 9.59 Å². The van der Waals surface area contributed by atoms with Crippen LogP contribution < -0.4 is 10.0 Å². The van der Waals surface area contributed by atoms with Gasteiger partial charge in [0.2, 0.25) is 5.91 Å². The summed E-state index contributed by atoms with van der Waals surface area (Å²) in [7, 11) is 0. The zero-order chi connectivity index (χ0) is 10.1. The van der Waals surface area contributed by atoms with E-state index >= 15 is 0 Å². The van der Waals surface area contributed by atoms with Gasteiger partial charge in [0.15, 0.2) is 0 Å². The first kappa shape index (κ1) is 12.4. The Labute approximate surface area is 83.0 Å². The molecule has 0 aliphatic rings. The van der Waals surface area contributed by atoms with Crippen LogP contribution in [-0.2, 0) is 9.59 Å². The summed E-state index contributed by atoms with van der Waals surface area (Å²) in [5.74, 6) is -0.00417. The van der Waals surface area contributed by atoms with E-state index in [-0.39, 0.29) is 11.7 Å². The highest BCUT2D eigenvalue weighted by atomic mass is 32.2. The molecule has 0 aliphatic heterocycles. The van der Waals surface area contributed by atoms with Gasteiger partial charge in [0, 0.05) is 25.9 Å². The van der Waals surface area contributed by atoms with Crippen molar-refractivity contribution in [1.82, 2.24) is 10.0 Å². The molecule has 0 aliphatic carbocycles. The van der Waals surface area contributed by atoms with Crippen molar-refractivity contribution in [3.63, 3.8) is 0 Å². The quantitative estimate of drug-likeness (QED) is 0.464. The molecule has 0 unspecified atom stereocenters. The number of Topliss-reactive ketones (excluding diaryl/α,β-unsaturated/α-hetero) is 1. The average Bonchev–Trinajstić information content (AvgIpc) is 2.09. The molecule has 5 heteroatoms. The smallest absolute Gasteiger partial charge is 0.220 e. The lowest BCUT2D eigenvalue weighted by molar-refractivity contribution is -0.124. The Kier molecular flexibility index (Phi) is 7.73. The third kappa shape index (κ3) is 9.36. The van der Waals surface area contributed by atoms with Gasteiger partial charge in [-0.05, 0) is 13.2 Å². The van der Waals surface area contributed by atoms with Crippen LogP contribution in [0.15, 0.2) is 0 Å². The molecular weight excluding hydrogens is 188 g/mol. The zero-order valence-electron chi connectivity index (χ0n) is 8.05. The summed E-state index contributed by atoms with van der Waals surface area (Å²) in [5.41, 5.74) is 0. The Morgan fingerprint density at radius 2 is 1.92 bits per heavy atom. The molecule has 0 radical (unpaired) electrons. The Morgan fingerprint density at radius 3 is 2.46 bits per heavy atom. The van der Waals surface area contributed by atoms with Crippen LogP contribution in [-0.4, -0.2) is 31.0 Å². The lowest BCUT2D eigenvalue weighted by Crippen LogP contribution is -2.29. The molecule has 0 rings (SSSR count). The van der Waals surface area contributed by atoms with Gasteiger partial charge in [0.25, 0.3) is 0 Å². The highest BCUT2D eigenvalue weighted by Crippen LogP contribution is 1.89. The molecule has 76 valence electrons. The molecule has 1 amide bonds. The fraction of sp³-hybridized carbons (Fsp3) is 0.750. The molecule has 0 atom stereocenters. The van der Waals surface area contributed by atoms with Gasteiger partial charge < -0.3 is 10.1 Å². The molecule has 2 N–H and O–H groups in total. The summed E-state index contributed by atoms with van der Waals surface area (Å²) < 4.78 is 3.00. The number of carbonyl (C=O) groups is 2. The summed E-state index contributed by atoms with van der Waals surface area (Å²) in [4.78, 5) is 21.5. The summed E-state index contributed by atoms with van der Waals surface area (Å²) in [6.07, 6.45) is 2.56. The topological polar surface area (TPSA) is 58.2 Å². The van der Waals surface area contributed by atoms with Crippen LogP contribution in [0.5, 0.6) is 0 Å². The Balaban J connectivity index is 3.25. The fourth-order valence-electron chi connectivity index (χ4n) is 0.733. The monoisotopic (exact) mass is 204 g/mol. The molecule has 0 heterocycles. The van der Waals surface area contributed by atoms with E-state index in [0.29, 0.717) is 19.4 Å². The van der Waals surface area contributed by atoms with Gasteiger partial charge >= 0.3 is 0 Å². The van der Waals surface area contributed by atoms with E-state index in [4.69, 9.17) is 0 Å². The van der Waals surface area contributed by atoms with Crippen LogP contribution in [0.2, 0.25) is 0 Å². The first-order valence-corrected chi connectivity index (χ1v) is 5.41. The van der Waals surface area contributed by atoms with Gasteiger partial charge in [0.1, 0.15) is 5.78 Å². The highest BCUT2D eigenvalue weighted by Gasteiger charge is 2.01. The number of nitrogens with one attached hydrogen (secondary N) is 2. The van der Waals surface area contributed by atoms with Gasteiger partial charge in [-0.25, -0.2) is 0 Å². The van der Waals surface area contributed by atoms with E-state index < -0.39 is 0 Å². The van der Waals surface area contributed by atoms with Crippen LogP contribution in [0.25, 0.3) is 0 Å². The van der Waals surface area contributed by atoms with Crippen molar-refractivity contribution in [2.24, 2.45) is 0 Å². The SMILES string of the molecule is CSNCCNC(=O)CCC(C)=O. The minimum atomic E-state index is -0.0573. The number of amides is 1. The predicted octanol–water partition coefficient (Wildman–Crippen LogP) is 0.339. The maximum absolute atomic E-state index is 11.0. The van der Waals surface area contributed by atoms with Crippen molar-refractivity contribution in [2.75, 3.05) is 19.3 Å². The molecule has 0 saturated heterocycles. The van der Waals surface area contributed by atoms with Gasteiger partial charge in [-0.2, -0.15) is 0 Å². The highest BCUT2D eigenvalue weighted by molar-refractivity contribution is 7.96. The first-order chi connectivity index (χ1) is 6.16. The normalized spacial score (nSPS) is 9.69. The molecular formula is C8H16N2O2S. The van der Waals surface area contributed by atoms with Crippen molar-refractivity contribution < 1.29 is 9.59 Å². The predicted molar refractivity (Wildman–Crippen MR) is 54.4 cm³/mol. The van der Waals surface area contributed by atoms with E-state index in [2.05, 4.69) is 10.0 Å². The minimum absolute atomic E-state index is 0.0531. The first-order valence-electron chi connectivity index (χ1n) is 4.18. The molecule has 0 aromatic heterocycles. The Morgan fingerprint density at radius 1 is 1.23 bits per heavy atom. The van der Waals surface area contributed by atoms with Crippen LogP contribution >= 0.6 is 11.9 Å². The zero-order valence-corrected chi connectivity index (χ0v) is 8.87. The molecule has 13 heavy (non-hydrogen) atoms. The van der Waals surface area contributed by atoms with Crippen molar-refractivity contribution in [1.29, 1.82) is 0 Å². The number of rotatable bonds is 7. The van der Waals surface area contributed by atoms with Crippen molar-refractivity contribution in [3.05, 3.63) is 0 Å². The van der Waals surface area contributed by atoms with Crippen LogP contribution in [0.3, 0.4) is 0 Å². The van der Waals surface area contributed by atoms with Gasteiger partial charge in [0.05, 0.1) is 0 Å². The van der Waals surface area contributed by atoms with Crippen LogP contribution in [0.1, 0.15) is 19.8 Å². The summed E-state index contributed by atoms with van der Waals surface area (Å²) in [5, 5.41) is 2.71. The Bertz CT molecular complexity index is 174. The van der Waals surface area contributed by atoms with Gasteiger partial charge in [-0.1, -0.05) is 11.9 Å². The van der Waals surface area contributed by atoms with Gasteiger partial charge in [-0.15, -0.1) is 0 Å².